The van der Waals surface area contributed by atoms with Gasteiger partial charge in [0.15, 0.2) is 0 Å². The SMILES string of the molecule is Cc1ccc(C(=O)NC2CC2)cc1NC=N/C(=C(\S)C(=O)NCc1ccccc1)c1ccc(NC(=O)CCN)cc1. The molecular formula is C31H34N6O3S. The van der Waals surface area contributed by atoms with Crippen molar-refractivity contribution in [2.75, 3.05) is 17.2 Å². The molecule has 3 aromatic carbocycles. The lowest BCUT2D eigenvalue weighted by atomic mass is 10.1. The fourth-order valence-corrected chi connectivity index (χ4v) is 4.16. The molecule has 10 heteroatoms. The number of thiol groups is 1. The highest BCUT2D eigenvalue weighted by Gasteiger charge is 2.24. The number of hydrogen-bond donors (Lipinski definition) is 6. The van der Waals surface area contributed by atoms with Crippen LogP contribution >= 0.6 is 12.6 Å². The molecule has 6 N–H and O–H groups in total. The number of amides is 3. The summed E-state index contributed by atoms with van der Waals surface area (Å²) in [6.07, 6.45) is 3.71. The molecule has 0 radical (unpaired) electrons. The number of nitrogens with two attached hydrogens (primary N) is 1. The predicted molar refractivity (Wildman–Crippen MR) is 167 cm³/mol. The largest absolute Gasteiger partial charge is 0.349 e. The molecular weight excluding hydrogens is 536 g/mol. The minimum absolute atomic E-state index is 0.112. The molecule has 3 amide bonds. The molecule has 3 aromatic rings. The highest BCUT2D eigenvalue weighted by atomic mass is 32.1. The number of rotatable bonds is 12. The number of carbonyl (C=O) groups is 3. The molecule has 1 aliphatic carbocycles. The third-order valence-electron chi connectivity index (χ3n) is 6.37. The lowest BCUT2D eigenvalue weighted by Gasteiger charge is -2.12. The Kier molecular flexibility index (Phi) is 10.3. The summed E-state index contributed by atoms with van der Waals surface area (Å²) < 4.78 is 0. The Hall–Kier alpha value is -4.41. The van der Waals surface area contributed by atoms with E-state index in [-0.39, 0.29) is 41.6 Å². The van der Waals surface area contributed by atoms with Gasteiger partial charge in [0.2, 0.25) is 5.91 Å². The quantitative estimate of drug-likeness (QED) is 0.0838. The highest BCUT2D eigenvalue weighted by molar-refractivity contribution is 7.85. The maximum Gasteiger partial charge on any atom is 0.259 e. The van der Waals surface area contributed by atoms with Gasteiger partial charge in [-0.3, -0.25) is 14.4 Å². The number of hydrogen-bond acceptors (Lipinski definition) is 6. The van der Waals surface area contributed by atoms with Crippen molar-refractivity contribution in [3.8, 4) is 0 Å². The Morgan fingerprint density at radius 1 is 1.00 bits per heavy atom. The normalized spacial score (nSPS) is 13.3. The molecule has 0 aliphatic heterocycles. The number of anilines is 2. The van der Waals surface area contributed by atoms with Crippen molar-refractivity contribution >= 4 is 53.8 Å². The van der Waals surface area contributed by atoms with Gasteiger partial charge in [-0.25, -0.2) is 4.99 Å². The van der Waals surface area contributed by atoms with E-state index in [1.807, 2.05) is 43.3 Å². The van der Waals surface area contributed by atoms with Crippen molar-refractivity contribution in [1.29, 1.82) is 0 Å². The van der Waals surface area contributed by atoms with Gasteiger partial charge in [-0.05, 0) is 55.2 Å². The molecule has 4 rings (SSSR count). The van der Waals surface area contributed by atoms with Gasteiger partial charge < -0.3 is 27.0 Å². The molecule has 9 nitrogen and oxygen atoms in total. The molecule has 1 saturated carbocycles. The van der Waals surface area contributed by atoms with Crippen molar-refractivity contribution in [2.24, 2.45) is 10.7 Å². The van der Waals surface area contributed by atoms with Gasteiger partial charge >= 0.3 is 0 Å². The third kappa shape index (κ3) is 8.79. The van der Waals surface area contributed by atoms with Crippen molar-refractivity contribution in [2.45, 2.75) is 38.8 Å². The van der Waals surface area contributed by atoms with Crippen LogP contribution in [-0.4, -0.2) is 36.6 Å². The lowest BCUT2D eigenvalue weighted by molar-refractivity contribution is -0.117. The van der Waals surface area contributed by atoms with Gasteiger partial charge in [0.1, 0.15) is 0 Å². The summed E-state index contributed by atoms with van der Waals surface area (Å²) >= 11 is 4.54. The zero-order valence-corrected chi connectivity index (χ0v) is 23.7. The van der Waals surface area contributed by atoms with Crippen LogP contribution in [0, 0.1) is 6.92 Å². The predicted octanol–water partition coefficient (Wildman–Crippen LogP) is 4.23. The molecule has 0 unspecified atom stereocenters. The number of aliphatic imine (C=N–C) groups is 1. The molecule has 0 saturated heterocycles. The van der Waals surface area contributed by atoms with Crippen LogP contribution in [0.2, 0.25) is 0 Å². The van der Waals surface area contributed by atoms with E-state index in [1.54, 1.807) is 36.4 Å². The minimum atomic E-state index is -0.389. The number of nitrogens with one attached hydrogen (secondary N) is 4. The number of carbonyl (C=O) groups excluding carboxylic acids is 3. The van der Waals surface area contributed by atoms with Gasteiger partial charge in [0, 0.05) is 48.1 Å². The van der Waals surface area contributed by atoms with Crippen LogP contribution in [-0.2, 0) is 16.1 Å². The molecule has 0 spiro atoms. The van der Waals surface area contributed by atoms with Crippen LogP contribution in [0.3, 0.4) is 0 Å². The van der Waals surface area contributed by atoms with Crippen molar-refractivity contribution in [3.63, 3.8) is 0 Å². The fourth-order valence-electron chi connectivity index (χ4n) is 3.89. The molecule has 0 aromatic heterocycles. The number of aryl methyl sites for hydroxylation is 1. The van der Waals surface area contributed by atoms with E-state index in [0.717, 1.165) is 24.0 Å². The van der Waals surface area contributed by atoms with Gasteiger partial charge in [0.25, 0.3) is 11.8 Å². The third-order valence-corrected chi connectivity index (χ3v) is 6.79. The van der Waals surface area contributed by atoms with Crippen LogP contribution in [0.5, 0.6) is 0 Å². The van der Waals surface area contributed by atoms with Crippen LogP contribution in [0.4, 0.5) is 11.4 Å². The highest BCUT2D eigenvalue weighted by Crippen LogP contribution is 2.25. The Morgan fingerprint density at radius 2 is 1.71 bits per heavy atom. The van der Waals surface area contributed by atoms with E-state index in [0.29, 0.717) is 34.7 Å². The molecule has 212 valence electrons. The second kappa shape index (κ2) is 14.3. The second-order valence-corrected chi connectivity index (χ2v) is 10.2. The summed E-state index contributed by atoms with van der Waals surface area (Å²) in [6, 6.07) is 22.2. The average molecular weight is 571 g/mol. The molecule has 1 fully saturated rings. The van der Waals surface area contributed by atoms with Gasteiger partial charge in [-0.15, -0.1) is 12.6 Å². The summed E-state index contributed by atoms with van der Waals surface area (Å²) in [4.78, 5) is 42.2. The van der Waals surface area contributed by atoms with Gasteiger partial charge in [-0.1, -0.05) is 48.5 Å². The van der Waals surface area contributed by atoms with Crippen molar-refractivity contribution in [1.82, 2.24) is 10.6 Å². The first kappa shape index (κ1) is 29.6. The second-order valence-electron chi connectivity index (χ2n) is 9.71. The lowest BCUT2D eigenvalue weighted by Crippen LogP contribution is -2.25. The molecule has 0 atom stereocenters. The maximum absolute atomic E-state index is 13.1. The first-order valence-electron chi connectivity index (χ1n) is 13.4. The van der Waals surface area contributed by atoms with Gasteiger partial charge in [-0.2, -0.15) is 0 Å². The Morgan fingerprint density at radius 3 is 2.39 bits per heavy atom. The van der Waals surface area contributed by atoms with E-state index >= 15 is 0 Å². The first-order chi connectivity index (χ1) is 19.8. The molecule has 0 heterocycles. The van der Waals surface area contributed by atoms with E-state index in [4.69, 9.17) is 5.73 Å². The summed E-state index contributed by atoms with van der Waals surface area (Å²) in [6.45, 7) is 2.52. The zero-order chi connectivity index (χ0) is 29.2. The standard InChI is InChI=1S/C31H34N6O3S/c1-20-7-8-23(30(39)37-25-13-14-25)17-26(20)34-19-35-28(22-9-11-24(12-10-22)36-27(38)15-16-32)29(41)31(40)33-18-21-5-3-2-4-6-21/h2-12,17,19,25,41H,13-16,18,32H2,1H3,(H,33,40)(H,34,35)(H,36,38)(H,37,39)/b29-28-. The zero-order valence-electron chi connectivity index (χ0n) is 22.8. The molecule has 41 heavy (non-hydrogen) atoms. The van der Waals surface area contributed by atoms with E-state index in [2.05, 4.69) is 38.9 Å². The summed E-state index contributed by atoms with van der Waals surface area (Å²) in [5.41, 5.74) is 10.1. The molecule has 0 bridgehead atoms. The Balaban J connectivity index is 1.55. The van der Waals surface area contributed by atoms with Crippen LogP contribution in [0.15, 0.2) is 82.7 Å². The van der Waals surface area contributed by atoms with Crippen LogP contribution < -0.4 is 27.0 Å². The Bertz CT molecular complexity index is 1450. The number of benzene rings is 3. The van der Waals surface area contributed by atoms with Crippen LogP contribution in [0.25, 0.3) is 5.70 Å². The van der Waals surface area contributed by atoms with E-state index < -0.39 is 0 Å². The minimum Gasteiger partial charge on any atom is -0.349 e. The summed E-state index contributed by atoms with van der Waals surface area (Å²) in [7, 11) is 0. The first-order valence-corrected chi connectivity index (χ1v) is 13.8. The smallest absolute Gasteiger partial charge is 0.259 e. The average Bonchev–Trinajstić information content (AvgIpc) is 3.80. The van der Waals surface area contributed by atoms with Crippen LogP contribution in [0.1, 0.15) is 46.3 Å². The topological polar surface area (TPSA) is 138 Å². The number of nitrogens with zero attached hydrogens (tertiary/aromatic N) is 1. The summed E-state index contributed by atoms with van der Waals surface area (Å²) in [5, 5.41) is 11.8. The van der Waals surface area contributed by atoms with E-state index in [9.17, 15) is 14.4 Å². The molecule has 1 aliphatic rings. The van der Waals surface area contributed by atoms with E-state index in [1.165, 1.54) is 6.34 Å². The fraction of sp³-hybridized carbons (Fsp3) is 0.226. The van der Waals surface area contributed by atoms with Crippen molar-refractivity contribution < 1.29 is 14.4 Å². The Labute approximate surface area is 245 Å². The van der Waals surface area contributed by atoms with Gasteiger partial charge in [0.05, 0.1) is 16.9 Å². The maximum atomic E-state index is 13.1. The monoisotopic (exact) mass is 570 g/mol. The van der Waals surface area contributed by atoms with Crippen molar-refractivity contribution in [3.05, 3.63) is 100.0 Å². The summed E-state index contributed by atoms with van der Waals surface area (Å²) in [5.74, 6) is -0.684.